The molecule has 6 heteroatoms. The number of carbonyl (C=O) groups excluding carboxylic acids is 1. The van der Waals surface area contributed by atoms with Gasteiger partial charge >= 0.3 is 0 Å². The van der Waals surface area contributed by atoms with Crippen molar-refractivity contribution >= 4 is 17.2 Å². The third-order valence-electron chi connectivity index (χ3n) is 4.35. The van der Waals surface area contributed by atoms with Crippen LogP contribution in [0.1, 0.15) is 28.3 Å². The number of fused-ring (bicyclic) bond motifs is 1. The molecule has 2 saturated heterocycles. The van der Waals surface area contributed by atoms with E-state index in [-0.39, 0.29) is 5.91 Å². The van der Waals surface area contributed by atoms with Gasteiger partial charge in [-0.05, 0) is 37.8 Å². The van der Waals surface area contributed by atoms with Crippen LogP contribution in [0.25, 0.3) is 0 Å². The summed E-state index contributed by atoms with van der Waals surface area (Å²) >= 11 is 1.49. The van der Waals surface area contributed by atoms with E-state index < -0.39 is 0 Å². The Kier molecular flexibility index (Phi) is 4.33. The highest BCUT2D eigenvalue weighted by atomic mass is 32.1. The van der Waals surface area contributed by atoms with Crippen LogP contribution in [-0.4, -0.2) is 49.1 Å². The zero-order valence-electron chi connectivity index (χ0n) is 11.8. The lowest BCUT2D eigenvalue weighted by molar-refractivity contribution is 0.0753. The van der Waals surface area contributed by atoms with Crippen LogP contribution >= 0.6 is 11.3 Å². The number of carbonyl (C=O) groups is 1. The smallest absolute Gasteiger partial charge is 0.273 e. The van der Waals surface area contributed by atoms with E-state index in [2.05, 4.69) is 10.3 Å². The Morgan fingerprint density at radius 2 is 2.15 bits per heavy atom. The van der Waals surface area contributed by atoms with E-state index in [1.54, 1.807) is 7.11 Å². The summed E-state index contributed by atoms with van der Waals surface area (Å²) < 4.78 is 5.05. The first-order valence-electron chi connectivity index (χ1n) is 7.21. The normalized spacial score (nSPS) is 26.4. The number of aromatic nitrogens is 1. The topological polar surface area (TPSA) is 54.5 Å². The SMILES string of the molecule is COCc1nc(C(=O)N2CC[C@@H]3CNC[C@@H]3CC2)cs1. The summed E-state index contributed by atoms with van der Waals surface area (Å²) in [5.74, 6) is 1.57. The molecule has 0 unspecified atom stereocenters. The fourth-order valence-electron chi connectivity index (χ4n) is 3.18. The predicted molar refractivity (Wildman–Crippen MR) is 77.8 cm³/mol. The van der Waals surface area contributed by atoms with Crippen LogP contribution in [0.4, 0.5) is 0 Å². The Bertz CT molecular complexity index is 463. The van der Waals surface area contributed by atoms with E-state index in [1.165, 1.54) is 11.3 Å². The van der Waals surface area contributed by atoms with Gasteiger partial charge in [0.25, 0.3) is 5.91 Å². The Morgan fingerprint density at radius 3 is 2.80 bits per heavy atom. The largest absolute Gasteiger partial charge is 0.378 e. The Morgan fingerprint density at radius 1 is 1.45 bits per heavy atom. The van der Waals surface area contributed by atoms with Gasteiger partial charge in [-0.1, -0.05) is 0 Å². The molecule has 1 amide bonds. The summed E-state index contributed by atoms with van der Waals surface area (Å²) in [6.07, 6.45) is 2.22. The third kappa shape index (κ3) is 2.87. The summed E-state index contributed by atoms with van der Waals surface area (Å²) in [5, 5.41) is 6.18. The van der Waals surface area contributed by atoms with Crippen LogP contribution < -0.4 is 5.32 Å². The number of rotatable bonds is 3. The summed E-state index contributed by atoms with van der Waals surface area (Å²) in [6, 6.07) is 0. The number of hydrogen-bond acceptors (Lipinski definition) is 5. The summed E-state index contributed by atoms with van der Waals surface area (Å²) in [4.78, 5) is 18.8. The molecule has 20 heavy (non-hydrogen) atoms. The number of hydrogen-bond donors (Lipinski definition) is 1. The number of amides is 1. The molecule has 5 nitrogen and oxygen atoms in total. The molecule has 0 saturated carbocycles. The minimum atomic E-state index is 0.0801. The van der Waals surface area contributed by atoms with Gasteiger partial charge in [0.1, 0.15) is 10.7 Å². The van der Waals surface area contributed by atoms with Crippen LogP contribution in [0.3, 0.4) is 0 Å². The summed E-state index contributed by atoms with van der Waals surface area (Å²) in [5.41, 5.74) is 0.576. The minimum absolute atomic E-state index is 0.0801. The lowest BCUT2D eigenvalue weighted by Gasteiger charge is -2.19. The van der Waals surface area contributed by atoms with Gasteiger partial charge in [-0.15, -0.1) is 11.3 Å². The third-order valence-corrected chi connectivity index (χ3v) is 5.17. The maximum absolute atomic E-state index is 12.5. The Balaban J connectivity index is 1.64. The zero-order valence-corrected chi connectivity index (χ0v) is 12.6. The molecule has 2 atom stereocenters. The molecule has 1 aromatic heterocycles. The van der Waals surface area contributed by atoms with Crippen molar-refractivity contribution in [1.29, 1.82) is 0 Å². The fourth-order valence-corrected chi connectivity index (χ4v) is 3.92. The number of likely N-dealkylation sites (tertiary alicyclic amines) is 1. The average molecular weight is 295 g/mol. The van der Waals surface area contributed by atoms with Gasteiger partial charge in [0.05, 0.1) is 6.61 Å². The number of nitrogens with zero attached hydrogens (tertiary/aromatic N) is 2. The second kappa shape index (κ2) is 6.20. The maximum atomic E-state index is 12.5. The molecule has 2 aliphatic rings. The van der Waals surface area contributed by atoms with Gasteiger partial charge in [0.2, 0.25) is 0 Å². The van der Waals surface area contributed by atoms with Crippen molar-refractivity contribution in [2.24, 2.45) is 11.8 Å². The van der Waals surface area contributed by atoms with Gasteiger partial charge in [0.15, 0.2) is 0 Å². The van der Waals surface area contributed by atoms with Gasteiger partial charge in [0, 0.05) is 25.6 Å². The Hall–Kier alpha value is -0.980. The molecule has 3 rings (SSSR count). The molecular weight excluding hydrogens is 274 g/mol. The highest BCUT2D eigenvalue weighted by molar-refractivity contribution is 7.09. The Labute approximate surface area is 123 Å². The van der Waals surface area contributed by atoms with E-state index in [0.717, 1.165) is 55.9 Å². The first-order valence-corrected chi connectivity index (χ1v) is 8.09. The number of nitrogens with one attached hydrogen (secondary N) is 1. The molecule has 3 heterocycles. The maximum Gasteiger partial charge on any atom is 0.273 e. The summed E-state index contributed by atoms with van der Waals surface area (Å²) in [6.45, 7) is 4.42. The highest BCUT2D eigenvalue weighted by Crippen LogP contribution is 2.27. The van der Waals surface area contributed by atoms with Crippen LogP contribution in [0.2, 0.25) is 0 Å². The second-order valence-electron chi connectivity index (χ2n) is 5.61. The average Bonchev–Trinajstić information content (AvgIpc) is 3.05. The predicted octanol–water partition coefficient (Wildman–Crippen LogP) is 1.36. The monoisotopic (exact) mass is 295 g/mol. The van der Waals surface area contributed by atoms with Gasteiger partial charge < -0.3 is 15.0 Å². The van der Waals surface area contributed by atoms with E-state index >= 15 is 0 Å². The van der Waals surface area contributed by atoms with Crippen molar-refractivity contribution in [3.8, 4) is 0 Å². The van der Waals surface area contributed by atoms with Crippen molar-refractivity contribution in [1.82, 2.24) is 15.2 Å². The van der Waals surface area contributed by atoms with Crippen molar-refractivity contribution in [2.45, 2.75) is 19.4 Å². The van der Waals surface area contributed by atoms with Gasteiger partial charge in [-0.3, -0.25) is 4.79 Å². The van der Waals surface area contributed by atoms with Gasteiger partial charge in [-0.25, -0.2) is 4.98 Å². The molecule has 0 spiro atoms. The van der Waals surface area contributed by atoms with E-state index in [4.69, 9.17) is 4.74 Å². The zero-order chi connectivity index (χ0) is 13.9. The number of thiazole rings is 1. The van der Waals surface area contributed by atoms with Crippen molar-refractivity contribution in [3.05, 3.63) is 16.1 Å². The lowest BCUT2D eigenvalue weighted by atomic mass is 9.92. The molecule has 1 aromatic rings. The van der Waals surface area contributed by atoms with Crippen LogP contribution in [0.5, 0.6) is 0 Å². The van der Waals surface area contributed by atoms with Crippen molar-refractivity contribution in [3.63, 3.8) is 0 Å². The van der Waals surface area contributed by atoms with Crippen molar-refractivity contribution in [2.75, 3.05) is 33.3 Å². The molecule has 1 N–H and O–H groups in total. The van der Waals surface area contributed by atoms with Crippen LogP contribution in [-0.2, 0) is 11.3 Å². The van der Waals surface area contributed by atoms with Crippen LogP contribution in [0, 0.1) is 11.8 Å². The number of methoxy groups -OCH3 is 1. The quantitative estimate of drug-likeness (QED) is 0.915. The highest BCUT2D eigenvalue weighted by Gasteiger charge is 2.32. The first-order chi connectivity index (χ1) is 9.78. The van der Waals surface area contributed by atoms with Crippen molar-refractivity contribution < 1.29 is 9.53 Å². The number of ether oxygens (including phenoxy) is 1. The molecule has 0 aliphatic carbocycles. The molecule has 2 aliphatic heterocycles. The van der Waals surface area contributed by atoms with Crippen LogP contribution in [0.15, 0.2) is 5.38 Å². The lowest BCUT2D eigenvalue weighted by Crippen LogP contribution is -2.33. The van der Waals surface area contributed by atoms with Gasteiger partial charge in [-0.2, -0.15) is 0 Å². The molecule has 0 bridgehead atoms. The van der Waals surface area contributed by atoms with E-state index in [1.807, 2.05) is 10.3 Å². The minimum Gasteiger partial charge on any atom is -0.378 e. The molecule has 110 valence electrons. The second-order valence-corrected chi connectivity index (χ2v) is 6.55. The standard InChI is InChI=1S/C14H21N3O2S/c1-19-8-13-16-12(9-20-13)14(18)17-4-2-10-6-15-7-11(10)3-5-17/h9-11,15H,2-8H2,1H3/t10-,11+. The van der Waals surface area contributed by atoms with E-state index in [0.29, 0.717) is 12.3 Å². The summed E-state index contributed by atoms with van der Waals surface area (Å²) in [7, 11) is 1.64. The molecule has 0 aromatic carbocycles. The molecule has 2 fully saturated rings. The molecular formula is C14H21N3O2S. The first kappa shape index (κ1) is 14.0. The molecule has 0 radical (unpaired) electrons. The van der Waals surface area contributed by atoms with E-state index in [9.17, 15) is 4.79 Å². The fraction of sp³-hybridized carbons (Fsp3) is 0.714.